The zero-order valence-corrected chi connectivity index (χ0v) is 9.60. The fourth-order valence-electron chi connectivity index (χ4n) is 1.42. The number of rotatable bonds is 3. The molecular formula is C11H15NOS. The van der Waals surface area contributed by atoms with Gasteiger partial charge in [0.05, 0.1) is 0 Å². The van der Waals surface area contributed by atoms with Crippen LogP contribution in [0.15, 0.2) is 24.5 Å². The lowest BCUT2D eigenvalue weighted by Crippen LogP contribution is -2.20. The van der Waals surface area contributed by atoms with Gasteiger partial charge in [0.25, 0.3) is 0 Å². The van der Waals surface area contributed by atoms with E-state index in [-0.39, 0.29) is 9.86 Å². The van der Waals surface area contributed by atoms with E-state index >= 15 is 0 Å². The molecule has 1 rings (SSSR count). The summed E-state index contributed by atoms with van der Waals surface area (Å²) in [5.74, 6) is 0. The molecule has 0 aromatic carbocycles. The lowest BCUT2D eigenvalue weighted by molar-refractivity contribution is -0.109. The quantitative estimate of drug-likeness (QED) is 0.766. The van der Waals surface area contributed by atoms with Crippen molar-refractivity contribution in [1.82, 2.24) is 4.98 Å². The largest absolute Gasteiger partial charge is 0.288 e. The summed E-state index contributed by atoms with van der Waals surface area (Å²) in [5, 5.41) is 0.170. The van der Waals surface area contributed by atoms with Crippen LogP contribution in [-0.2, 0) is 11.2 Å². The molecule has 1 heterocycles. The van der Waals surface area contributed by atoms with Crippen molar-refractivity contribution >= 4 is 16.9 Å². The number of carbonyl (C=O) groups excluding carboxylic acids is 1. The van der Waals surface area contributed by atoms with Crippen molar-refractivity contribution in [3.05, 3.63) is 30.1 Å². The Bertz CT molecular complexity index is 308. The first kappa shape index (κ1) is 11.2. The number of hydrogen-bond donors (Lipinski definition) is 0. The minimum Gasteiger partial charge on any atom is -0.288 e. The van der Waals surface area contributed by atoms with Gasteiger partial charge < -0.3 is 0 Å². The highest BCUT2D eigenvalue weighted by Crippen LogP contribution is 2.28. The second-order valence-electron chi connectivity index (χ2n) is 3.89. The van der Waals surface area contributed by atoms with E-state index in [1.165, 1.54) is 17.3 Å². The van der Waals surface area contributed by atoms with E-state index in [2.05, 4.69) is 18.8 Å². The van der Waals surface area contributed by atoms with Gasteiger partial charge in [-0.25, -0.2) is 0 Å². The Morgan fingerprint density at radius 3 is 2.50 bits per heavy atom. The molecule has 0 fully saturated rings. The lowest BCUT2D eigenvalue weighted by atomic mass is 10.0. The van der Waals surface area contributed by atoms with Gasteiger partial charge in [-0.1, -0.05) is 11.8 Å². The van der Waals surface area contributed by atoms with Gasteiger partial charge in [0.15, 0.2) is 5.12 Å². The fourth-order valence-corrected chi connectivity index (χ4v) is 2.43. The molecule has 76 valence electrons. The highest BCUT2D eigenvalue weighted by Gasteiger charge is 2.21. The standard InChI is InChI=1S/C11H15NOS/c1-9(13)14-11(2,3)8-10-4-6-12-7-5-10/h4-7H,8H2,1-3H3. The second kappa shape index (κ2) is 4.60. The van der Waals surface area contributed by atoms with Gasteiger partial charge in [0.2, 0.25) is 0 Å². The molecule has 0 aliphatic heterocycles. The van der Waals surface area contributed by atoms with Gasteiger partial charge in [-0.15, -0.1) is 0 Å². The summed E-state index contributed by atoms with van der Waals surface area (Å²) >= 11 is 1.39. The zero-order valence-electron chi connectivity index (χ0n) is 8.78. The van der Waals surface area contributed by atoms with Crippen LogP contribution in [0.5, 0.6) is 0 Å². The highest BCUT2D eigenvalue weighted by atomic mass is 32.2. The average Bonchev–Trinajstić information content (AvgIpc) is 2.02. The van der Waals surface area contributed by atoms with Gasteiger partial charge in [-0.3, -0.25) is 9.78 Å². The normalized spacial score (nSPS) is 11.4. The van der Waals surface area contributed by atoms with E-state index < -0.39 is 0 Å². The first-order chi connectivity index (χ1) is 6.49. The Morgan fingerprint density at radius 2 is 2.00 bits per heavy atom. The summed E-state index contributed by atoms with van der Waals surface area (Å²) in [4.78, 5) is 15.0. The molecule has 0 radical (unpaired) electrons. The first-order valence-electron chi connectivity index (χ1n) is 4.58. The fraction of sp³-hybridized carbons (Fsp3) is 0.455. The molecule has 0 aliphatic carbocycles. The van der Waals surface area contributed by atoms with Crippen LogP contribution < -0.4 is 0 Å². The van der Waals surface area contributed by atoms with Crippen molar-refractivity contribution < 1.29 is 4.79 Å². The summed E-state index contributed by atoms with van der Waals surface area (Å²) < 4.78 is -0.0345. The van der Waals surface area contributed by atoms with Crippen molar-refractivity contribution in [2.24, 2.45) is 0 Å². The maximum Gasteiger partial charge on any atom is 0.186 e. The second-order valence-corrected chi connectivity index (χ2v) is 5.77. The molecule has 3 heteroatoms. The summed E-state index contributed by atoms with van der Waals surface area (Å²) in [6.07, 6.45) is 4.45. The van der Waals surface area contributed by atoms with Crippen LogP contribution in [0.1, 0.15) is 26.3 Å². The molecule has 14 heavy (non-hydrogen) atoms. The van der Waals surface area contributed by atoms with Crippen molar-refractivity contribution in [1.29, 1.82) is 0 Å². The van der Waals surface area contributed by atoms with Crippen molar-refractivity contribution in [3.63, 3.8) is 0 Å². The molecule has 0 atom stereocenters. The molecule has 1 aromatic heterocycles. The van der Waals surface area contributed by atoms with E-state index in [0.717, 1.165) is 6.42 Å². The molecule has 0 N–H and O–H groups in total. The van der Waals surface area contributed by atoms with E-state index in [0.29, 0.717) is 0 Å². The Hall–Kier alpha value is -0.830. The number of thioether (sulfide) groups is 1. The van der Waals surface area contributed by atoms with Crippen LogP contribution >= 0.6 is 11.8 Å². The van der Waals surface area contributed by atoms with E-state index in [1.807, 2.05) is 12.1 Å². The number of carbonyl (C=O) groups is 1. The van der Waals surface area contributed by atoms with Crippen LogP contribution in [0, 0.1) is 0 Å². The maximum atomic E-state index is 11.0. The molecule has 2 nitrogen and oxygen atoms in total. The summed E-state index contributed by atoms with van der Waals surface area (Å²) in [5.41, 5.74) is 1.22. The van der Waals surface area contributed by atoms with Gasteiger partial charge in [0.1, 0.15) is 0 Å². The van der Waals surface area contributed by atoms with E-state index in [9.17, 15) is 4.79 Å². The van der Waals surface area contributed by atoms with Crippen molar-refractivity contribution in [3.8, 4) is 0 Å². The minimum absolute atomic E-state index is 0.0345. The van der Waals surface area contributed by atoms with E-state index in [4.69, 9.17) is 0 Å². The van der Waals surface area contributed by atoms with Gasteiger partial charge in [0, 0.05) is 24.1 Å². The zero-order chi connectivity index (χ0) is 10.6. The molecule has 0 saturated carbocycles. The van der Waals surface area contributed by atoms with Crippen LogP contribution in [0.25, 0.3) is 0 Å². The minimum atomic E-state index is -0.0345. The molecule has 0 bridgehead atoms. The van der Waals surface area contributed by atoms with Crippen molar-refractivity contribution in [2.45, 2.75) is 31.9 Å². The third-order valence-corrected chi connectivity index (χ3v) is 2.78. The smallest absolute Gasteiger partial charge is 0.186 e. The predicted molar refractivity (Wildman–Crippen MR) is 60.3 cm³/mol. The molecule has 0 spiro atoms. The molecule has 0 unspecified atom stereocenters. The molecule has 0 saturated heterocycles. The molecular weight excluding hydrogens is 194 g/mol. The summed E-state index contributed by atoms with van der Waals surface area (Å²) in [6, 6.07) is 3.98. The Morgan fingerprint density at radius 1 is 1.43 bits per heavy atom. The number of nitrogens with zero attached hydrogens (tertiary/aromatic N) is 1. The number of aromatic nitrogens is 1. The Kier molecular flexibility index (Phi) is 3.69. The number of pyridine rings is 1. The van der Waals surface area contributed by atoms with Gasteiger partial charge >= 0.3 is 0 Å². The van der Waals surface area contributed by atoms with Crippen LogP contribution in [-0.4, -0.2) is 14.8 Å². The van der Waals surface area contributed by atoms with E-state index in [1.54, 1.807) is 19.3 Å². The lowest BCUT2D eigenvalue weighted by Gasteiger charge is -2.22. The Balaban J connectivity index is 2.63. The monoisotopic (exact) mass is 209 g/mol. The van der Waals surface area contributed by atoms with Crippen LogP contribution in [0.4, 0.5) is 0 Å². The topological polar surface area (TPSA) is 30.0 Å². The highest BCUT2D eigenvalue weighted by molar-refractivity contribution is 8.14. The third-order valence-electron chi connectivity index (χ3n) is 1.80. The first-order valence-corrected chi connectivity index (χ1v) is 5.40. The molecule has 0 aliphatic rings. The maximum absolute atomic E-state index is 11.0. The molecule has 1 aromatic rings. The SMILES string of the molecule is CC(=O)SC(C)(C)Cc1ccncc1. The van der Waals surface area contributed by atoms with Gasteiger partial charge in [-0.05, 0) is 38.0 Å². The third kappa shape index (κ3) is 3.92. The summed E-state index contributed by atoms with van der Waals surface area (Å²) in [7, 11) is 0. The average molecular weight is 209 g/mol. The number of hydrogen-bond acceptors (Lipinski definition) is 3. The van der Waals surface area contributed by atoms with Gasteiger partial charge in [-0.2, -0.15) is 0 Å². The van der Waals surface area contributed by atoms with Crippen molar-refractivity contribution in [2.75, 3.05) is 0 Å². The van der Waals surface area contributed by atoms with Crippen LogP contribution in [0.2, 0.25) is 0 Å². The Labute approximate surface area is 89.1 Å². The summed E-state index contributed by atoms with van der Waals surface area (Å²) in [6.45, 7) is 5.78. The predicted octanol–water partition coefficient (Wildman–Crippen LogP) is 2.68. The molecule has 0 amide bonds. The van der Waals surface area contributed by atoms with Crippen LogP contribution in [0.3, 0.4) is 0 Å².